The van der Waals surface area contributed by atoms with Gasteiger partial charge in [0, 0.05) is 11.6 Å². The van der Waals surface area contributed by atoms with Crippen LogP contribution in [0.4, 0.5) is 5.82 Å². The molecule has 2 rings (SSSR count). The number of thiophene rings is 1. The monoisotopic (exact) mass is 344 g/mol. The Labute approximate surface area is 111 Å². The van der Waals surface area contributed by atoms with Crippen LogP contribution >= 0.6 is 33.9 Å². The number of aromatic nitrogens is 1. The number of amides is 1. The summed E-state index contributed by atoms with van der Waals surface area (Å²) >= 11 is 3.75. The summed E-state index contributed by atoms with van der Waals surface area (Å²) in [6.07, 6.45) is 1.67. The molecule has 0 fully saturated rings. The van der Waals surface area contributed by atoms with Gasteiger partial charge >= 0.3 is 0 Å². The van der Waals surface area contributed by atoms with E-state index < -0.39 is 0 Å². The highest BCUT2D eigenvalue weighted by Crippen LogP contribution is 2.18. The van der Waals surface area contributed by atoms with Gasteiger partial charge in [0.25, 0.3) is 5.91 Å². The first-order chi connectivity index (χ1) is 7.66. The zero-order chi connectivity index (χ0) is 11.5. The van der Waals surface area contributed by atoms with Gasteiger partial charge in [-0.2, -0.15) is 0 Å². The van der Waals surface area contributed by atoms with Gasteiger partial charge in [0.1, 0.15) is 5.82 Å². The van der Waals surface area contributed by atoms with Gasteiger partial charge in [-0.05, 0) is 47.2 Å². The van der Waals surface area contributed by atoms with Gasteiger partial charge in [-0.3, -0.25) is 4.79 Å². The normalized spacial score (nSPS) is 10.1. The molecule has 0 saturated carbocycles. The molecule has 1 amide bonds. The summed E-state index contributed by atoms with van der Waals surface area (Å²) in [5.41, 5.74) is 1.64. The van der Waals surface area contributed by atoms with E-state index in [-0.39, 0.29) is 5.91 Å². The number of carbonyl (C=O) groups excluding carboxylic acids is 1. The van der Waals surface area contributed by atoms with Crippen molar-refractivity contribution in [3.8, 4) is 0 Å². The average Bonchev–Trinajstić information content (AvgIpc) is 2.68. The SMILES string of the molecule is Cc1cccnc1NC(=O)c1csc(I)c1. The van der Waals surface area contributed by atoms with Gasteiger partial charge in [0.05, 0.1) is 8.45 Å². The standard InChI is InChI=1S/C11H9IN2OS/c1-7-3-2-4-13-10(7)14-11(15)8-5-9(12)16-6-8/h2-6H,1H3,(H,13,14,15). The lowest BCUT2D eigenvalue weighted by atomic mass is 10.2. The Morgan fingerprint density at radius 2 is 2.38 bits per heavy atom. The molecule has 2 aromatic heterocycles. The number of carbonyl (C=O) groups is 1. The Morgan fingerprint density at radius 3 is 3.00 bits per heavy atom. The zero-order valence-corrected chi connectivity index (χ0v) is 11.5. The van der Waals surface area contributed by atoms with E-state index in [0.717, 1.165) is 8.45 Å². The fourth-order valence-corrected chi connectivity index (χ4v) is 2.55. The number of rotatable bonds is 2. The minimum absolute atomic E-state index is 0.110. The Hall–Kier alpha value is -0.950. The molecule has 0 aliphatic carbocycles. The van der Waals surface area contributed by atoms with E-state index in [0.29, 0.717) is 11.4 Å². The highest BCUT2D eigenvalue weighted by molar-refractivity contribution is 14.1. The first-order valence-electron chi connectivity index (χ1n) is 4.64. The maximum absolute atomic E-state index is 11.8. The van der Waals surface area contributed by atoms with Crippen molar-refractivity contribution in [3.05, 3.63) is 43.8 Å². The van der Waals surface area contributed by atoms with Crippen LogP contribution in [0.3, 0.4) is 0 Å². The molecule has 1 N–H and O–H groups in total. The lowest BCUT2D eigenvalue weighted by molar-refractivity contribution is 0.102. The smallest absolute Gasteiger partial charge is 0.257 e. The lowest BCUT2D eigenvalue weighted by Gasteiger charge is -2.05. The van der Waals surface area contributed by atoms with Crippen molar-refractivity contribution in [2.24, 2.45) is 0 Å². The van der Waals surface area contributed by atoms with Crippen molar-refractivity contribution < 1.29 is 4.79 Å². The molecule has 2 heterocycles. The molecule has 5 heteroatoms. The summed E-state index contributed by atoms with van der Waals surface area (Å²) < 4.78 is 1.10. The summed E-state index contributed by atoms with van der Waals surface area (Å²) in [7, 11) is 0. The van der Waals surface area contributed by atoms with Crippen LogP contribution in [0.2, 0.25) is 0 Å². The highest BCUT2D eigenvalue weighted by atomic mass is 127. The van der Waals surface area contributed by atoms with Crippen LogP contribution in [-0.2, 0) is 0 Å². The molecule has 0 saturated heterocycles. The van der Waals surface area contributed by atoms with E-state index in [4.69, 9.17) is 0 Å². The van der Waals surface area contributed by atoms with Crippen molar-refractivity contribution in [1.82, 2.24) is 4.98 Å². The summed E-state index contributed by atoms with van der Waals surface area (Å²) in [6, 6.07) is 5.62. The first-order valence-corrected chi connectivity index (χ1v) is 6.59. The zero-order valence-electron chi connectivity index (χ0n) is 8.53. The van der Waals surface area contributed by atoms with Crippen LogP contribution < -0.4 is 5.32 Å². The largest absolute Gasteiger partial charge is 0.306 e. The van der Waals surface area contributed by atoms with Gasteiger partial charge in [0.15, 0.2) is 0 Å². The molecule has 0 aliphatic heterocycles. The molecule has 0 bridgehead atoms. The average molecular weight is 344 g/mol. The van der Waals surface area contributed by atoms with Gasteiger partial charge in [-0.1, -0.05) is 6.07 Å². The van der Waals surface area contributed by atoms with E-state index in [2.05, 4.69) is 32.9 Å². The first kappa shape index (κ1) is 11.5. The van der Waals surface area contributed by atoms with Crippen LogP contribution in [0.1, 0.15) is 15.9 Å². The Balaban J connectivity index is 2.17. The second-order valence-corrected chi connectivity index (χ2v) is 6.07. The second kappa shape index (κ2) is 4.92. The summed E-state index contributed by atoms with van der Waals surface area (Å²) in [5.74, 6) is 0.509. The second-order valence-electron chi connectivity index (χ2n) is 3.26. The summed E-state index contributed by atoms with van der Waals surface area (Å²) in [4.78, 5) is 16.0. The van der Waals surface area contributed by atoms with Crippen molar-refractivity contribution in [2.45, 2.75) is 6.92 Å². The van der Waals surface area contributed by atoms with Crippen molar-refractivity contribution in [3.63, 3.8) is 0 Å². The molecule has 0 atom stereocenters. The fourth-order valence-electron chi connectivity index (χ4n) is 1.23. The van der Waals surface area contributed by atoms with Crippen molar-refractivity contribution in [2.75, 3.05) is 5.32 Å². The summed E-state index contributed by atoms with van der Waals surface area (Å²) in [6.45, 7) is 1.92. The number of hydrogen-bond donors (Lipinski definition) is 1. The van der Waals surface area contributed by atoms with E-state index in [1.165, 1.54) is 0 Å². The minimum Gasteiger partial charge on any atom is -0.306 e. The molecule has 16 heavy (non-hydrogen) atoms. The molecule has 0 aromatic carbocycles. The van der Waals surface area contributed by atoms with Crippen molar-refractivity contribution in [1.29, 1.82) is 0 Å². The van der Waals surface area contributed by atoms with Crippen LogP contribution in [-0.4, -0.2) is 10.9 Å². The maximum Gasteiger partial charge on any atom is 0.257 e. The summed E-state index contributed by atoms with van der Waals surface area (Å²) in [5, 5.41) is 4.64. The molecule has 0 spiro atoms. The van der Waals surface area contributed by atoms with Gasteiger partial charge in [-0.25, -0.2) is 4.98 Å². The Kier molecular flexibility index (Phi) is 3.55. The van der Waals surface area contributed by atoms with Crippen LogP contribution in [0.5, 0.6) is 0 Å². The number of hydrogen-bond acceptors (Lipinski definition) is 3. The third kappa shape index (κ3) is 2.59. The van der Waals surface area contributed by atoms with E-state index in [1.54, 1.807) is 17.5 Å². The van der Waals surface area contributed by atoms with Crippen LogP contribution in [0.15, 0.2) is 29.8 Å². The number of anilines is 1. The predicted octanol–water partition coefficient (Wildman–Crippen LogP) is 3.31. The third-order valence-corrected chi connectivity index (χ3v) is 3.86. The molecular weight excluding hydrogens is 335 g/mol. The van der Waals surface area contributed by atoms with E-state index in [1.807, 2.05) is 30.5 Å². The molecular formula is C11H9IN2OS. The highest BCUT2D eigenvalue weighted by Gasteiger charge is 2.09. The minimum atomic E-state index is -0.110. The maximum atomic E-state index is 11.8. The van der Waals surface area contributed by atoms with Crippen LogP contribution in [0, 0.1) is 9.81 Å². The third-order valence-electron chi connectivity index (χ3n) is 2.07. The number of nitrogens with one attached hydrogen (secondary N) is 1. The topological polar surface area (TPSA) is 42.0 Å². The van der Waals surface area contributed by atoms with Gasteiger partial charge in [-0.15, -0.1) is 11.3 Å². The molecule has 0 radical (unpaired) electrons. The number of halogens is 1. The molecule has 0 aliphatic rings. The van der Waals surface area contributed by atoms with Crippen LogP contribution in [0.25, 0.3) is 0 Å². The molecule has 2 aromatic rings. The number of pyridine rings is 1. The van der Waals surface area contributed by atoms with E-state index >= 15 is 0 Å². The predicted molar refractivity (Wildman–Crippen MR) is 74.0 cm³/mol. The van der Waals surface area contributed by atoms with Crippen molar-refractivity contribution >= 4 is 45.7 Å². The Bertz CT molecular complexity index is 524. The number of aryl methyl sites for hydroxylation is 1. The van der Waals surface area contributed by atoms with Gasteiger partial charge in [0.2, 0.25) is 0 Å². The lowest BCUT2D eigenvalue weighted by Crippen LogP contribution is -2.12. The molecule has 82 valence electrons. The quantitative estimate of drug-likeness (QED) is 0.850. The molecule has 0 unspecified atom stereocenters. The fraction of sp³-hybridized carbons (Fsp3) is 0.0909. The Morgan fingerprint density at radius 1 is 1.56 bits per heavy atom. The van der Waals surface area contributed by atoms with E-state index in [9.17, 15) is 4.79 Å². The van der Waals surface area contributed by atoms with Gasteiger partial charge < -0.3 is 5.32 Å². The molecule has 3 nitrogen and oxygen atoms in total. The number of nitrogens with zero attached hydrogens (tertiary/aromatic N) is 1.